The summed E-state index contributed by atoms with van der Waals surface area (Å²) >= 11 is 1.46. The SMILES string of the molecule is Cc1ccc(NC(=O)C2CN(c3nc4c(F)cccc4s3)C2)cc1. The number of benzene rings is 2. The van der Waals surface area contributed by atoms with Gasteiger partial charge in [0.05, 0.1) is 10.6 Å². The number of anilines is 2. The van der Waals surface area contributed by atoms with Gasteiger partial charge >= 0.3 is 0 Å². The molecule has 2 aromatic carbocycles. The van der Waals surface area contributed by atoms with Crippen LogP contribution in [-0.4, -0.2) is 24.0 Å². The third-order valence-corrected chi connectivity index (χ3v) is 5.28. The molecule has 0 spiro atoms. The normalized spacial score (nSPS) is 14.7. The Morgan fingerprint density at radius 1 is 1.25 bits per heavy atom. The molecule has 4 nitrogen and oxygen atoms in total. The van der Waals surface area contributed by atoms with E-state index in [0.29, 0.717) is 18.6 Å². The van der Waals surface area contributed by atoms with Gasteiger partial charge in [-0.15, -0.1) is 0 Å². The van der Waals surface area contributed by atoms with Gasteiger partial charge in [-0.2, -0.15) is 0 Å². The van der Waals surface area contributed by atoms with Crippen LogP contribution in [0.3, 0.4) is 0 Å². The molecule has 1 aliphatic heterocycles. The molecule has 0 radical (unpaired) electrons. The molecular formula is C18H16FN3OS. The first kappa shape index (κ1) is 15.1. The fourth-order valence-electron chi connectivity index (χ4n) is 2.72. The summed E-state index contributed by atoms with van der Waals surface area (Å²) in [7, 11) is 0. The highest BCUT2D eigenvalue weighted by Crippen LogP contribution is 2.34. The molecule has 4 rings (SSSR count). The monoisotopic (exact) mass is 341 g/mol. The molecule has 0 unspecified atom stereocenters. The van der Waals surface area contributed by atoms with Crippen LogP contribution in [0.2, 0.25) is 0 Å². The lowest BCUT2D eigenvalue weighted by Crippen LogP contribution is -2.52. The number of thiazole rings is 1. The van der Waals surface area contributed by atoms with Gasteiger partial charge in [0.15, 0.2) is 5.13 Å². The molecule has 1 saturated heterocycles. The van der Waals surface area contributed by atoms with E-state index in [1.807, 2.05) is 42.2 Å². The van der Waals surface area contributed by atoms with Crippen molar-refractivity contribution in [3.05, 3.63) is 53.8 Å². The minimum Gasteiger partial charge on any atom is -0.346 e. The molecule has 2 heterocycles. The molecule has 1 fully saturated rings. The maximum absolute atomic E-state index is 13.7. The van der Waals surface area contributed by atoms with Gasteiger partial charge in [0.1, 0.15) is 11.3 Å². The lowest BCUT2D eigenvalue weighted by molar-refractivity contribution is -0.120. The number of aromatic nitrogens is 1. The molecule has 1 N–H and O–H groups in total. The summed E-state index contributed by atoms with van der Waals surface area (Å²) in [4.78, 5) is 18.6. The van der Waals surface area contributed by atoms with E-state index in [2.05, 4.69) is 10.3 Å². The first-order valence-electron chi connectivity index (χ1n) is 7.78. The standard InChI is InChI=1S/C18H16FN3OS/c1-11-5-7-13(8-6-11)20-17(23)12-9-22(10-12)18-21-16-14(19)3-2-4-15(16)24-18/h2-8,12H,9-10H2,1H3,(H,20,23). The number of carbonyl (C=O) groups excluding carboxylic acids is 1. The minimum atomic E-state index is -0.302. The number of aryl methyl sites for hydroxylation is 1. The Bertz CT molecular complexity index is 900. The Morgan fingerprint density at radius 2 is 2.00 bits per heavy atom. The molecule has 6 heteroatoms. The van der Waals surface area contributed by atoms with Crippen LogP contribution in [0.25, 0.3) is 10.2 Å². The van der Waals surface area contributed by atoms with Crippen molar-refractivity contribution in [1.29, 1.82) is 0 Å². The van der Waals surface area contributed by atoms with Gasteiger partial charge in [0.2, 0.25) is 5.91 Å². The van der Waals surface area contributed by atoms with E-state index in [9.17, 15) is 9.18 Å². The van der Waals surface area contributed by atoms with Crippen LogP contribution in [0.15, 0.2) is 42.5 Å². The first-order chi connectivity index (χ1) is 11.6. The number of carbonyl (C=O) groups is 1. The average molecular weight is 341 g/mol. The zero-order valence-electron chi connectivity index (χ0n) is 13.1. The van der Waals surface area contributed by atoms with Crippen LogP contribution in [0, 0.1) is 18.7 Å². The third-order valence-electron chi connectivity index (χ3n) is 4.20. The fraction of sp³-hybridized carbons (Fsp3) is 0.222. The quantitative estimate of drug-likeness (QED) is 0.788. The minimum absolute atomic E-state index is 0.0161. The van der Waals surface area contributed by atoms with Gasteiger partial charge in [-0.25, -0.2) is 9.37 Å². The molecule has 0 aliphatic carbocycles. The number of nitrogens with one attached hydrogen (secondary N) is 1. The largest absolute Gasteiger partial charge is 0.346 e. The van der Waals surface area contributed by atoms with Gasteiger partial charge in [0.25, 0.3) is 0 Å². The molecule has 1 aromatic heterocycles. The average Bonchev–Trinajstić information content (AvgIpc) is 2.93. The van der Waals surface area contributed by atoms with E-state index >= 15 is 0 Å². The highest BCUT2D eigenvalue weighted by molar-refractivity contribution is 7.22. The van der Waals surface area contributed by atoms with Gasteiger partial charge in [0, 0.05) is 18.8 Å². The molecule has 3 aromatic rings. The van der Waals surface area contributed by atoms with Crippen LogP contribution in [0.1, 0.15) is 5.56 Å². The lowest BCUT2D eigenvalue weighted by atomic mass is 10.00. The number of fused-ring (bicyclic) bond motifs is 1. The lowest BCUT2D eigenvalue weighted by Gasteiger charge is -2.37. The van der Waals surface area contributed by atoms with Gasteiger partial charge in [-0.3, -0.25) is 4.79 Å². The first-order valence-corrected chi connectivity index (χ1v) is 8.59. The van der Waals surface area contributed by atoms with Crippen molar-refractivity contribution in [3.63, 3.8) is 0 Å². The van der Waals surface area contributed by atoms with Crippen molar-refractivity contribution in [2.24, 2.45) is 5.92 Å². The summed E-state index contributed by atoms with van der Waals surface area (Å²) in [5.74, 6) is -0.352. The maximum atomic E-state index is 13.7. The second-order valence-electron chi connectivity index (χ2n) is 6.04. The zero-order valence-corrected chi connectivity index (χ0v) is 13.9. The molecule has 0 atom stereocenters. The maximum Gasteiger partial charge on any atom is 0.231 e. The van der Waals surface area contributed by atoms with Crippen molar-refractivity contribution in [3.8, 4) is 0 Å². The van der Waals surface area contributed by atoms with E-state index in [0.717, 1.165) is 21.1 Å². The summed E-state index contributed by atoms with van der Waals surface area (Å²) in [6.45, 7) is 3.23. The van der Waals surface area contributed by atoms with Crippen LogP contribution in [0.5, 0.6) is 0 Å². The molecule has 0 bridgehead atoms. The smallest absolute Gasteiger partial charge is 0.231 e. The predicted octanol–water partition coefficient (Wildman–Crippen LogP) is 3.82. The van der Waals surface area contributed by atoms with Gasteiger partial charge < -0.3 is 10.2 Å². The van der Waals surface area contributed by atoms with Crippen LogP contribution >= 0.6 is 11.3 Å². The van der Waals surface area contributed by atoms with Crippen molar-refractivity contribution >= 4 is 38.3 Å². The summed E-state index contributed by atoms with van der Waals surface area (Å²) in [5.41, 5.74) is 2.38. The van der Waals surface area contributed by atoms with E-state index in [1.54, 1.807) is 6.07 Å². The molecule has 24 heavy (non-hydrogen) atoms. The number of para-hydroxylation sites is 1. The Labute approximate surface area is 142 Å². The van der Waals surface area contributed by atoms with E-state index < -0.39 is 0 Å². The second-order valence-corrected chi connectivity index (χ2v) is 7.05. The van der Waals surface area contributed by atoms with Crippen molar-refractivity contribution in [1.82, 2.24) is 4.98 Å². The summed E-state index contributed by atoms with van der Waals surface area (Å²) in [6.07, 6.45) is 0. The Morgan fingerprint density at radius 3 is 2.71 bits per heavy atom. The number of halogens is 1. The Balaban J connectivity index is 1.40. The van der Waals surface area contributed by atoms with E-state index in [-0.39, 0.29) is 17.6 Å². The zero-order chi connectivity index (χ0) is 16.7. The molecular weight excluding hydrogens is 325 g/mol. The van der Waals surface area contributed by atoms with E-state index in [1.165, 1.54) is 17.4 Å². The molecule has 122 valence electrons. The fourth-order valence-corrected chi connectivity index (χ4v) is 3.72. The summed E-state index contributed by atoms with van der Waals surface area (Å²) in [5, 5.41) is 3.71. The van der Waals surface area contributed by atoms with Crippen LogP contribution in [-0.2, 0) is 4.79 Å². The molecule has 0 saturated carbocycles. The predicted molar refractivity (Wildman–Crippen MR) is 95.1 cm³/mol. The van der Waals surface area contributed by atoms with Crippen molar-refractivity contribution in [2.45, 2.75) is 6.92 Å². The highest BCUT2D eigenvalue weighted by Gasteiger charge is 2.34. The number of nitrogens with zero attached hydrogens (tertiary/aromatic N) is 2. The van der Waals surface area contributed by atoms with Crippen LogP contribution < -0.4 is 10.2 Å². The van der Waals surface area contributed by atoms with Crippen LogP contribution in [0.4, 0.5) is 15.2 Å². The second kappa shape index (κ2) is 5.87. The number of amides is 1. The van der Waals surface area contributed by atoms with Gasteiger partial charge in [-0.1, -0.05) is 35.1 Å². The van der Waals surface area contributed by atoms with Gasteiger partial charge in [-0.05, 0) is 31.2 Å². The van der Waals surface area contributed by atoms with Crippen molar-refractivity contribution in [2.75, 3.05) is 23.3 Å². The Kier molecular flexibility index (Phi) is 3.69. The third kappa shape index (κ3) is 2.73. The molecule has 1 amide bonds. The highest BCUT2D eigenvalue weighted by atomic mass is 32.1. The summed E-state index contributed by atoms with van der Waals surface area (Å²) < 4.78 is 14.6. The number of hydrogen-bond donors (Lipinski definition) is 1. The Hall–Kier alpha value is -2.47. The van der Waals surface area contributed by atoms with Crippen molar-refractivity contribution < 1.29 is 9.18 Å². The summed E-state index contributed by atoms with van der Waals surface area (Å²) in [6, 6.07) is 12.7. The number of rotatable bonds is 3. The molecule has 1 aliphatic rings. The van der Waals surface area contributed by atoms with E-state index in [4.69, 9.17) is 0 Å². The number of hydrogen-bond acceptors (Lipinski definition) is 4. The topological polar surface area (TPSA) is 45.2 Å².